The molecule has 0 aliphatic carbocycles. The van der Waals surface area contributed by atoms with Crippen molar-refractivity contribution < 1.29 is 17.5 Å². The molecule has 0 saturated heterocycles. The first kappa shape index (κ1) is 13.6. The summed E-state index contributed by atoms with van der Waals surface area (Å²) in [7, 11) is -2.75. The van der Waals surface area contributed by atoms with Crippen LogP contribution >= 0.6 is 0 Å². The summed E-state index contributed by atoms with van der Waals surface area (Å²) in [6.07, 6.45) is 2.16. The van der Waals surface area contributed by atoms with E-state index in [1.54, 1.807) is 6.20 Å². The molecule has 8 heteroatoms. The van der Waals surface area contributed by atoms with Crippen LogP contribution in [0.15, 0.2) is 6.20 Å². The number of hydrogen-bond acceptors (Lipinski definition) is 4. The van der Waals surface area contributed by atoms with Gasteiger partial charge in [-0.2, -0.15) is 13.7 Å². The standard InChI is InChI=1S/C7H9N3.H2O4S/c1-6-5-9-7(3-4-8)10(6)2;1-5(2,3)4/h5H,3H2,1-2H3;(H2,1,2,3,4). The summed E-state index contributed by atoms with van der Waals surface area (Å²) in [5.41, 5.74) is 1.09. The highest BCUT2D eigenvalue weighted by molar-refractivity contribution is 7.79. The summed E-state index contributed by atoms with van der Waals surface area (Å²) >= 11 is 0. The highest BCUT2D eigenvalue weighted by atomic mass is 32.3. The Hall–Kier alpha value is -1.43. The normalized spacial score (nSPS) is 10.1. The highest BCUT2D eigenvalue weighted by Gasteiger charge is 1.99. The second-order valence-corrected chi connectivity index (χ2v) is 3.55. The first-order valence-corrected chi connectivity index (χ1v) is 5.19. The number of imidazole rings is 1. The van der Waals surface area contributed by atoms with Gasteiger partial charge in [-0.1, -0.05) is 0 Å². The van der Waals surface area contributed by atoms with E-state index in [0.717, 1.165) is 11.5 Å². The van der Waals surface area contributed by atoms with Crippen LogP contribution in [0.4, 0.5) is 0 Å². The van der Waals surface area contributed by atoms with Crippen LogP contribution in [0.5, 0.6) is 0 Å². The van der Waals surface area contributed by atoms with Crippen LogP contribution in [0.1, 0.15) is 11.5 Å². The number of nitriles is 1. The molecule has 0 aromatic carbocycles. The van der Waals surface area contributed by atoms with Gasteiger partial charge in [0.15, 0.2) is 0 Å². The fourth-order valence-corrected chi connectivity index (χ4v) is 0.780. The van der Waals surface area contributed by atoms with Gasteiger partial charge in [0.25, 0.3) is 0 Å². The molecule has 84 valence electrons. The van der Waals surface area contributed by atoms with Gasteiger partial charge in [0.05, 0.1) is 12.5 Å². The van der Waals surface area contributed by atoms with Crippen molar-refractivity contribution in [2.24, 2.45) is 7.05 Å². The summed E-state index contributed by atoms with van der Waals surface area (Å²) in [5.74, 6) is 0.833. The van der Waals surface area contributed by atoms with Crippen LogP contribution in [0.2, 0.25) is 0 Å². The lowest BCUT2D eigenvalue weighted by Crippen LogP contribution is -1.97. The van der Waals surface area contributed by atoms with Crippen molar-refractivity contribution in [3.8, 4) is 6.07 Å². The monoisotopic (exact) mass is 233 g/mol. The maximum absolute atomic E-state index is 8.74. The van der Waals surface area contributed by atoms with Crippen LogP contribution in [0.3, 0.4) is 0 Å². The van der Waals surface area contributed by atoms with E-state index >= 15 is 0 Å². The third kappa shape index (κ3) is 6.62. The molecule has 1 aromatic rings. The number of aryl methyl sites for hydroxylation is 1. The maximum atomic E-state index is 8.74. The first-order valence-electron chi connectivity index (χ1n) is 3.79. The number of hydrogen-bond donors (Lipinski definition) is 2. The highest BCUT2D eigenvalue weighted by Crippen LogP contribution is 2.00. The van der Waals surface area contributed by atoms with Gasteiger partial charge in [-0.05, 0) is 6.92 Å². The van der Waals surface area contributed by atoms with Gasteiger partial charge in [0.2, 0.25) is 0 Å². The van der Waals surface area contributed by atoms with Gasteiger partial charge in [-0.25, -0.2) is 4.98 Å². The molecule has 0 radical (unpaired) electrons. The SMILES string of the molecule is Cc1cnc(CC#N)n1C.O=S(=O)(O)O. The number of rotatable bonds is 1. The predicted molar refractivity (Wildman–Crippen MR) is 51.4 cm³/mol. The number of nitrogens with zero attached hydrogens (tertiary/aromatic N) is 3. The van der Waals surface area contributed by atoms with E-state index in [1.807, 2.05) is 18.5 Å². The van der Waals surface area contributed by atoms with Crippen molar-refractivity contribution in [1.29, 1.82) is 5.26 Å². The van der Waals surface area contributed by atoms with E-state index < -0.39 is 10.4 Å². The third-order valence-corrected chi connectivity index (χ3v) is 1.55. The molecule has 1 heterocycles. The van der Waals surface area contributed by atoms with E-state index in [-0.39, 0.29) is 0 Å². The van der Waals surface area contributed by atoms with E-state index in [9.17, 15) is 0 Å². The van der Waals surface area contributed by atoms with Gasteiger partial charge < -0.3 is 4.57 Å². The van der Waals surface area contributed by atoms with Gasteiger partial charge in [0.1, 0.15) is 5.82 Å². The minimum absolute atomic E-state index is 0.393. The van der Waals surface area contributed by atoms with Gasteiger partial charge >= 0.3 is 10.4 Å². The van der Waals surface area contributed by atoms with Crippen LogP contribution < -0.4 is 0 Å². The van der Waals surface area contributed by atoms with Crippen LogP contribution in [-0.4, -0.2) is 27.1 Å². The number of aromatic nitrogens is 2. The summed E-state index contributed by atoms with van der Waals surface area (Å²) in [6, 6.07) is 2.05. The Bertz CT molecular complexity index is 449. The zero-order valence-corrected chi connectivity index (χ0v) is 9.06. The molecule has 0 spiro atoms. The van der Waals surface area contributed by atoms with Crippen LogP contribution in [0.25, 0.3) is 0 Å². The lowest BCUT2D eigenvalue weighted by atomic mass is 10.4. The Labute approximate surface area is 87.6 Å². The Kier molecular flexibility index (Phi) is 4.93. The van der Waals surface area contributed by atoms with Crippen molar-refractivity contribution in [2.75, 3.05) is 0 Å². The molecule has 0 aliphatic heterocycles. The second-order valence-electron chi connectivity index (χ2n) is 2.66. The summed E-state index contributed by atoms with van der Waals surface area (Å²) in [6.45, 7) is 1.97. The van der Waals surface area contributed by atoms with Crippen molar-refractivity contribution in [3.63, 3.8) is 0 Å². The minimum atomic E-state index is -4.67. The Morgan fingerprint density at radius 1 is 1.60 bits per heavy atom. The van der Waals surface area contributed by atoms with E-state index in [0.29, 0.717) is 6.42 Å². The average Bonchev–Trinajstić information content (AvgIpc) is 2.34. The second kappa shape index (κ2) is 5.45. The first-order chi connectivity index (χ1) is 6.75. The van der Waals surface area contributed by atoms with Crippen molar-refractivity contribution >= 4 is 10.4 Å². The lowest BCUT2D eigenvalue weighted by Gasteiger charge is -1.96. The predicted octanol–water partition coefficient (Wildman–Crippen LogP) is 0.142. The molecular weight excluding hydrogens is 222 g/mol. The Balaban J connectivity index is 0.000000336. The molecule has 0 unspecified atom stereocenters. The summed E-state index contributed by atoms with van der Waals surface area (Å²) < 4.78 is 33.5. The maximum Gasteiger partial charge on any atom is 0.394 e. The molecule has 2 N–H and O–H groups in total. The molecule has 15 heavy (non-hydrogen) atoms. The molecule has 0 saturated carbocycles. The summed E-state index contributed by atoms with van der Waals surface area (Å²) in [4.78, 5) is 4.05. The quantitative estimate of drug-likeness (QED) is 0.666. The largest absolute Gasteiger partial charge is 0.394 e. The van der Waals surface area contributed by atoms with Gasteiger partial charge in [-0.15, -0.1) is 0 Å². The van der Waals surface area contributed by atoms with E-state index in [1.165, 1.54) is 0 Å². The zero-order valence-electron chi connectivity index (χ0n) is 8.25. The zero-order chi connectivity index (χ0) is 12.1. The molecule has 0 fully saturated rings. The molecule has 1 aromatic heterocycles. The van der Waals surface area contributed by atoms with Crippen LogP contribution in [0, 0.1) is 18.3 Å². The van der Waals surface area contributed by atoms with E-state index in [2.05, 4.69) is 11.1 Å². The Morgan fingerprint density at radius 2 is 2.07 bits per heavy atom. The van der Waals surface area contributed by atoms with Crippen LogP contribution in [-0.2, 0) is 23.9 Å². The van der Waals surface area contributed by atoms with E-state index in [4.69, 9.17) is 22.8 Å². The smallest absolute Gasteiger partial charge is 0.335 e. The molecule has 0 amide bonds. The molecule has 1 rings (SSSR count). The molecular formula is C7H11N3O4S. The van der Waals surface area contributed by atoms with Crippen molar-refractivity contribution in [2.45, 2.75) is 13.3 Å². The molecule has 0 aliphatic rings. The summed E-state index contributed by atoms with van der Waals surface area (Å²) in [5, 5.41) is 8.35. The van der Waals surface area contributed by atoms with Crippen molar-refractivity contribution in [1.82, 2.24) is 9.55 Å². The Morgan fingerprint density at radius 3 is 2.33 bits per heavy atom. The fourth-order valence-electron chi connectivity index (χ4n) is 0.780. The minimum Gasteiger partial charge on any atom is -0.335 e. The fraction of sp³-hybridized carbons (Fsp3) is 0.429. The lowest BCUT2D eigenvalue weighted by molar-refractivity contribution is 0.381. The molecule has 7 nitrogen and oxygen atoms in total. The van der Waals surface area contributed by atoms with Gasteiger partial charge in [-0.3, -0.25) is 9.11 Å². The molecule has 0 bridgehead atoms. The topological polar surface area (TPSA) is 116 Å². The van der Waals surface area contributed by atoms with Crippen molar-refractivity contribution in [3.05, 3.63) is 17.7 Å². The average molecular weight is 233 g/mol. The third-order valence-electron chi connectivity index (χ3n) is 1.55. The van der Waals surface area contributed by atoms with Gasteiger partial charge in [0, 0.05) is 18.9 Å². The molecule has 0 atom stereocenters.